The van der Waals surface area contributed by atoms with Gasteiger partial charge in [0, 0.05) is 5.56 Å². The van der Waals surface area contributed by atoms with E-state index in [0.29, 0.717) is 17.5 Å². The average molecular weight is 225 g/mol. The summed E-state index contributed by atoms with van der Waals surface area (Å²) in [4.78, 5) is 4.05. The standard InChI is InChI=1S/C10H9ClN2O2/c1-2-14-10-12-9(13-15-10)7-5-3-4-6-8(7)11/h3-6H,2H2,1H3. The van der Waals surface area contributed by atoms with Crippen molar-refractivity contribution in [2.75, 3.05) is 6.61 Å². The Kier molecular flexibility index (Phi) is 2.87. The molecular formula is C10H9ClN2O2. The van der Waals surface area contributed by atoms with Crippen LogP contribution in [-0.2, 0) is 0 Å². The number of hydrogen-bond donors (Lipinski definition) is 0. The summed E-state index contributed by atoms with van der Waals surface area (Å²) in [6.45, 7) is 2.34. The van der Waals surface area contributed by atoms with Gasteiger partial charge in [-0.3, -0.25) is 4.52 Å². The molecule has 2 rings (SSSR count). The van der Waals surface area contributed by atoms with Crippen LogP contribution >= 0.6 is 11.6 Å². The van der Waals surface area contributed by atoms with Gasteiger partial charge < -0.3 is 4.74 Å². The number of benzene rings is 1. The van der Waals surface area contributed by atoms with Crippen molar-refractivity contribution in [1.82, 2.24) is 10.1 Å². The highest BCUT2D eigenvalue weighted by Crippen LogP contribution is 2.26. The Bertz CT molecular complexity index is 456. The van der Waals surface area contributed by atoms with Gasteiger partial charge in [-0.15, -0.1) is 0 Å². The predicted octanol–water partition coefficient (Wildman–Crippen LogP) is 2.79. The Hall–Kier alpha value is -1.55. The van der Waals surface area contributed by atoms with Crippen LogP contribution in [0.25, 0.3) is 11.4 Å². The van der Waals surface area contributed by atoms with Crippen molar-refractivity contribution >= 4 is 11.6 Å². The van der Waals surface area contributed by atoms with E-state index >= 15 is 0 Å². The predicted molar refractivity (Wildman–Crippen MR) is 55.9 cm³/mol. The molecule has 0 amide bonds. The van der Waals surface area contributed by atoms with E-state index in [2.05, 4.69) is 10.1 Å². The van der Waals surface area contributed by atoms with E-state index in [-0.39, 0.29) is 6.08 Å². The second-order valence-corrected chi connectivity index (χ2v) is 3.20. The largest absolute Gasteiger partial charge is 0.449 e. The molecule has 78 valence electrons. The summed E-state index contributed by atoms with van der Waals surface area (Å²) < 4.78 is 9.94. The van der Waals surface area contributed by atoms with Gasteiger partial charge in [0.15, 0.2) is 0 Å². The van der Waals surface area contributed by atoms with Crippen LogP contribution in [-0.4, -0.2) is 16.7 Å². The highest BCUT2D eigenvalue weighted by molar-refractivity contribution is 6.33. The number of halogens is 1. The molecule has 0 aliphatic rings. The number of rotatable bonds is 3. The molecule has 0 N–H and O–H groups in total. The van der Waals surface area contributed by atoms with Crippen LogP contribution in [0.1, 0.15) is 6.92 Å². The minimum Gasteiger partial charge on any atom is -0.449 e. The molecule has 0 aliphatic carbocycles. The number of nitrogens with zero attached hydrogens (tertiary/aromatic N) is 2. The third-order valence-corrected chi connectivity index (χ3v) is 2.12. The molecule has 0 spiro atoms. The van der Waals surface area contributed by atoms with Gasteiger partial charge in [0.2, 0.25) is 5.82 Å². The molecule has 0 unspecified atom stereocenters. The van der Waals surface area contributed by atoms with E-state index < -0.39 is 0 Å². The summed E-state index contributed by atoms with van der Waals surface area (Å²) in [6.07, 6.45) is 0.160. The van der Waals surface area contributed by atoms with Crippen LogP contribution in [0.4, 0.5) is 0 Å². The van der Waals surface area contributed by atoms with Crippen LogP contribution in [0.3, 0.4) is 0 Å². The lowest BCUT2D eigenvalue weighted by atomic mass is 10.2. The molecule has 15 heavy (non-hydrogen) atoms. The van der Waals surface area contributed by atoms with Gasteiger partial charge in [-0.1, -0.05) is 28.9 Å². The minimum atomic E-state index is 0.160. The zero-order valence-electron chi connectivity index (χ0n) is 8.11. The lowest BCUT2D eigenvalue weighted by Gasteiger charge is -1.95. The second-order valence-electron chi connectivity index (χ2n) is 2.80. The SMILES string of the molecule is CCOc1nc(-c2ccccc2Cl)no1. The molecule has 5 heteroatoms. The van der Waals surface area contributed by atoms with E-state index in [4.69, 9.17) is 20.9 Å². The zero-order valence-corrected chi connectivity index (χ0v) is 8.86. The Morgan fingerprint density at radius 2 is 2.20 bits per heavy atom. The van der Waals surface area contributed by atoms with E-state index in [9.17, 15) is 0 Å². The van der Waals surface area contributed by atoms with Crippen molar-refractivity contribution < 1.29 is 9.26 Å². The molecular weight excluding hydrogens is 216 g/mol. The molecule has 4 nitrogen and oxygen atoms in total. The van der Waals surface area contributed by atoms with E-state index in [1.54, 1.807) is 6.07 Å². The molecule has 0 atom stereocenters. The van der Waals surface area contributed by atoms with Gasteiger partial charge in [0.05, 0.1) is 11.6 Å². The van der Waals surface area contributed by atoms with Crippen molar-refractivity contribution in [3.05, 3.63) is 29.3 Å². The lowest BCUT2D eigenvalue weighted by molar-refractivity contribution is 0.215. The van der Waals surface area contributed by atoms with Crippen molar-refractivity contribution in [3.63, 3.8) is 0 Å². The number of aromatic nitrogens is 2. The van der Waals surface area contributed by atoms with E-state index in [1.807, 2.05) is 25.1 Å². The first-order valence-electron chi connectivity index (χ1n) is 4.52. The first-order valence-corrected chi connectivity index (χ1v) is 4.90. The third kappa shape index (κ3) is 2.10. The molecule has 1 heterocycles. The Morgan fingerprint density at radius 3 is 2.93 bits per heavy atom. The molecule has 0 aliphatic heterocycles. The molecule has 0 radical (unpaired) electrons. The average Bonchev–Trinajstić information content (AvgIpc) is 2.68. The Morgan fingerprint density at radius 1 is 1.40 bits per heavy atom. The maximum absolute atomic E-state index is 5.98. The quantitative estimate of drug-likeness (QED) is 0.804. The van der Waals surface area contributed by atoms with Gasteiger partial charge in [-0.2, -0.15) is 4.98 Å². The third-order valence-electron chi connectivity index (χ3n) is 1.79. The summed E-state index contributed by atoms with van der Waals surface area (Å²) in [5.74, 6) is 0.434. The molecule has 1 aromatic carbocycles. The first kappa shape index (κ1) is 9.98. The fraction of sp³-hybridized carbons (Fsp3) is 0.200. The van der Waals surface area contributed by atoms with E-state index in [1.165, 1.54) is 0 Å². The zero-order chi connectivity index (χ0) is 10.7. The summed E-state index contributed by atoms with van der Waals surface area (Å²) in [6, 6.07) is 7.30. The van der Waals surface area contributed by atoms with Crippen LogP contribution in [0, 0.1) is 0 Å². The number of ether oxygens (including phenoxy) is 1. The summed E-state index contributed by atoms with van der Waals surface area (Å²) in [5, 5.41) is 4.35. The monoisotopic (exact) mass is 224 g/mol. The molecule has 0 saturated heterocycles. The second kappa shape index (κ2) is 4.31. The Balaban J connectivity index is 2.33. The molecule has 2 aromatic rings. The molecule has 0 saturated carbocycles. The maximum atomic E-state index is 5.98. The van der Waals surface area contributed by atoms with Gasteiger partial charge >= 0.3 is 6.08 Å². The fourth-order valence-electron chi connectivity index (χ4n) is 1.14. The Labute approximate surface area is 91.8 Å². The maximum Gasteiger partial charge on any atom is 0.417 e. The van der Waals surface area contributed by atoms with Crippen LogP contribution in [0.15, 0.2) is 28.8 Å². The number of hydrogen-bond acceptors (Lipinski definition) is 4. The van der Waals surface area contributed by atoms with Crippen molar-refractivity contribution in [3.8, 4) is 17.5 Å². The summed E-state index contributed by atoms with van der Waals surface area (Å²) >= 11 is 5.98. The lowest BCUT2D eigenvalue weighted by Crippen LogP contribution is -1.90. The highest BCUT2D eigenvalue weighted by Gasteiger charge is 2.11. The van der Waals surface area contributed by atoms with Crippen molar-refractivity contribution in [1.29, 1.82) is 0 Å². The first-order chi connectivity index (χ1) is 7.31. The fourth-order valence-corrected chi connectivity index (χ4v) is 1.36. The van der Waals surface area contributed by atoms with Gasteiger partial charge in [0.1, 0.15) is 0 Å². The smallest absolute Gasteiger partial charge is 0.417 e. The minimum absolute atomic E-state index is 0.160. The van der Waals surface area contributed by atoms with Crippen molar-refractivity contribution in [2.24, 2.45) is 0 Å². The normalized spacial score (nSPS) is 10.3. The van der Waals surface area contributed by atoms with Gasteiger partial charge in [-0.25, -0.2) is 0 Å². The highest BCUT2D eigenvalue weighted by atomic mass is 35.5. The van der Waals surface area contributed by atoms with Gasteiger partial charge in [0.25, 0.3) is 0 Å². The molecule has 0 bridgehead atoms. The molecule has 0 fully saturated rings. The van der Waals surface area contributed by atoms with Crippen LogP contribution in [0.5, 0.6) is 6.08 Å². The summed E-state index contributed by atoms with van der Waals surface area (Å²) in [7, 11) is 0. The van der Waals surface area contributed by atoms with Crippen molar-refractivity contribution in [2.45, 2.75) is 6.92 Å². The van der Waals surface area contributed by atoms with Gasteiger partial charge in [-0.05, 0) is 19.1 Å². The van der Waals surface area contributed by atoms with Crippen LogP contribution in [0.2, 0.25) is 5.02 Å². The van der Waals surface area contributed by atoms with E-state index in [0.717, 1.165) is 5.56 Å². The molecule has 1 aromatic heterocycles. The summed E-state index contributed by atoms with van der Waals surface area (Å²) in [5.41, 5.74) is 0.730. The topological polar surface area (TPSA) is 48.2 Å². The van der Waals surface area contributed by atoms with Crippen LogP contribution < -0.4 is 4.74 Å².